The van der Waals surface area contributed by atoms with Crippen LogP contribution in [-0.2, 0) is 0 Å². The minimum Gasteiger partial charge on any atom is -0.398 e. The minimum atomic E-state index is -0.0877. The van der Waals surface area contributed by atoms with Crippen molar-refractivity contribution in [2.24, 2.45) is 0 Å². The van der Waals surface area contributed by atoms with E-state index in [2.05, 4.69) is 5.32 Å². The van der Waals surface area contributed by atoms with E-state index in [-0.39, 0.29) is 18.6 Å². The Kier molecular flexibility index (Phi) is 4.76. The molecule has 1 amide bonds. The molecule has 0 aliphatic rings. The lowest BCUT2D eigenvalue weighted by Gasteiger charge is -2.11. The van der Waals surface area contributed by atoms with Gasteiger partial charge in [0.2, 0.25) is 0 Å². The van der Waals surface area contributed by atoms with Gasteiger partial charge in [-0.1, -0.05) is 0 Å². The first-order valence-corrected chi connectivity index (χ1v) is 6.14. The normalized spacial score (nSPS) is 12.4. The average Bonchev–Trinajstić information content (AvgIpc) is 2.56. The van der Waals surface area contributed by atoms with Crippen LogP contribution >= 0.6 is 11.3 Å². The SMILES string of the molecule is Cc1sc(C(=O)NC(C)CCCO)cc1N. The summed E-state index contributed by atoms with van der Waals surface area (Å²) >= 11 is 1.40. The quantitative estimate of drug-likeness (QED) is 0.733. The smallest absolute Gasteiger partial charge is 0.261 e. The fourth-order valence-corrected chi connectivity index (χ4v) is 2.22. The fraction of sp³-hybridized carbons (Fsp3) is 0.545. The molecule has 0 fully saturated rings. The molecular weight excluding hydrogens is 224 g/mol. The van der Waals surface area contributed by atoms with Gasteiger partial charge in [-0.15, -0.1) is 11.3 Å². The average molecular weight is 242 g/mol. The Morgan fingerprint density at radius 1 is 1.69 bits per heavy atom. The Morgan fingerprint density at radius 2 is 2.38 bits per heavy atom. The number of carbonyl (C=O) groups excluding carboxylic acids is 1. The molecule has 0 bridgehead atoms. The van der Waals surface area contributed by atoms with Crippen LogP contribution in [0.4, 0.5) is 5.69 Å². The van der Waals surface area contributed by atoms with Crippen LogP contribution in [0, 0.1) is 6.92 Å². The number of nitrogens with one attached hydrogen (secondary N) is 1. The number of rotatable bonds is 5. The number of anilines is 1. The van der Waals surface area contributed by atoms with Gasteiger partial charge in [0.15, 0.2) is 0 Å². The van der Waals surface area contributed by atoms with Crippen molar-refractivity contribution in [3.05, 3.63) is 15.8 Å². The molecule has 4 N–H and O–H groups in total. The van der Waals surface area contributed by atoms with E-state index in [1.165, 1.54) is 11.3 Å². The summed E-state index contributed by atoms with van der Waals surface area (Å²) in [7, 11) is 0. The molecule has 16 heavy (non-hydrogen) atoms. The Bertz CT molecular complexity index is 343. The highest BCUT2D eigenvalue weighted by Crippen LogP contribution is 2.23. The molecular formula is C11H18N2O2S. The van der Waals surface area contributed by atoms with E-state index in [4.69, 9.17) is 10.8 Å². The van der Waals surface area contributed by atoms with Crippen molar-refractivity contribution in [3.8, 4) is 0 Å². The van der Waals surface area contributed by atoms with E-state index in [0.717, 1.165) is 11.3 Å². The zero-order valence-corrected chi connectivity index (χ0v) is 10.4. The molecule has 0 aliphatic heterocycles. The van der Waals surface area contributed by atoms with Crippen LogP contribution in [0.15, 0.2) is 6.07 Å². The number of aryl methyl sites for hydroxylation is 1. The first-order valence-electron chi connectivity index (χ1n) is 5.32. The molecule has 0 aliphatic carbocycles. The highest BCUT2D eigenvalue weighted by molar-refractivity contribution is 7.14. The number of hydrogen-bond acceptors (Lipinski definition) is 4. The van der Waals surface area contributed by atoms with Gasteiger partial charge in [-0.2, -0.15) is 0 Å². The van der Waals surface area contributed by atoms with Gasteiger partial charge < -0.3 is 16.2 Å². The number of hydrogen-bond donors (Lipinski definition) is 3. The van der Waals surface area contributed by atoms with Crippen LogP contribution in [0.25, 0.3) is 0 Å². The first-order chi connectivity index (χ1) is 7.54. The summed E-state index contributed by atoms with van der Waals surface area (Å²) < 4.78 is 0. The molecule has 0 saturated heterocycles. The van der Waals surface area contributed by atoms with Crippen molar-refractivity contribution in [3.63, 3.8) is 0 Å². The second-order valence-electron chi connectivity index (χ2n) is 3.86. The van der Waals surface area contributed by atoms with Crippen molar-refractivity contribution < 1.29 is 9.90 Å². The zero-order valence-electron chi connectivity index (χ0n) is 9.62. The predicted octanol–water partition coefficient (Wildman–Crippen LogP) is 1.53. The number of aliphatic hydroxyl groups excluding tert-OH is 1. The number of aliphatic hydroxyl groups is 1. The third-order valence-electron chi connectivity index (χ3n) is 2.35. The van der Waals surface area contributed by atoms with Crippen LogP contribution < -0.4 is 11.1 Å². The van der Waals surface area contributed by atoms with Gasteiger partial charge in [0.05, 0.1) is 4.88 Å². The molecule has 0 saturated carbocycles. The first kappa shape index (κ1) is 13.0. The molecule has 0 radical (unpaired) electrons. The number of nitrogens with two attached hydrogens (primary N) is 1. The van der Waals surface area contributed by atoms with E-state index in [9.17, 15) is 4.79 Å². The Morgan fingerprint density at radius 3 is 2.88 bits per heavy atom. The van der Waals surface area contributed by atoms with Crippen LogP contribution in [0.2, 0.25) is 0 Å². The van der Waals surface area contributed by atoms with Crippen LogP contribution in [-0.4, -0.2) is 23.7 Å². The summed E-state index contributed by atoms with van der Waals surface area (Å²) in [4.78, 5) is 13.4. The number of carbonyl (C=O) groups is 1. The number of thiophene rings is 1. The maximum absolute atomic E-state index is 11.8. The lowest BCUT2D eigenvalue weighted by Crippen LogP contribution is -2.32. The van der Waals surface area contributed by atoms with Gasteiger partial charge in [0.1, 0.15) is 0 Å². The molecule has 0 aromatic carbocycles. The molecule has 90 valence electrons. The monoisotopic (exact) mass is 242 g/mol. The fourth-order valence-electron chi connectivity index (χ4n) is 1.37. The highest BCUT2D eigenvalue weighted by Gasteiger charge is 2.13. The van der Waals surface area contributed by atoms with E-state index >= 15 is 0 Å². The summed E-state index contributed by atoms with van der Waals surface area (Å²) in [6.07, 6.45) is 1.48. The topological polar surface area (TPSA) is 75.3 Å². The summed E-state index contributed by atoms with van der Waals surface area (Å²) in [6, 6.07) is 1.77. The van der Waals surface area contributed by atoms with Gasteiger partial charge in [-0.05, 0) is 32.8 Å². The van der Waals surface area contributed by atoms with Crippen LogP contribution in [0.3, 0.4) is 0 Å². The second kappa shape index (κ2) is 5.86. The van der Waals surface area contributed by atoms with Gasteiger partial charge in [0, 0.05) is 23.2 Å². The van der Waals surface area contributed by atoms with Crippen molar-refractivity contribution in [1.82, 2.24) is 5.32 Å². The third kappa shape index (κ3) is 3.50. The third-order valence-corrected chi connectivity index (χ3v) is 3.42. The largest absolute Gasteiger partial charge is 0.398 e. The highest BCUT2D eigenvalue weighted by atomic mass is 32.1. The molecule has 1 atom stereocenters. The molecule has 1 rings (SSSR count). The van der Waals surface area contributed by atoms with Gasteiger partial charge >= 0.3 is 0 Å². The second-order valence-corrected chi connectivity index (χ2v) is 5.12. The minimum absolute atomic E-state index is 0.0725. The molecule has 1 aromatic rings. The molecule has 5 heteroatoms. The lowest BCUT2D eigenvalue weighted by atomic mass is 10.2. The van der Waals surface area contributed by atoms with E-state index < -0.39 is 0 Å². The van der Waals surface area contributed by atoms with Crippen molar-refractivity contribution in [2.75, 3.05) is 12.3 Å². The van der Waals surface area contributed by atoms with E-state index in [1.807, 2.05) is 13.8 Å². The van der Waals surface area contributed by atoms with Crippen LogP contribution in [0.5, 0.6) is 0 Å². The maximum Gasteiger partial charge on any atom is 0.261 e. The molecule has 1 aromatic heterocycles. The maximum atomic E-state index is 11.8. The lowest BCUT2D eigenvalue weighted by molar-refractivity contribution is 0.0940. The van der Waals surface area contributed by atoms with E-state index in [0.29, 0.717) is 17.0 Å². The van der Waals surface area contributed by atoms with Gasteiger partial charge in [0.25, 0.3) is 5.91 Å². The Labute approximate surface area is 99.5 Å². The molecule has 4 nitrogen and oxygen atoms in total. The Hall–Kier alpha value is -1.07. The van der Waals surface area contributed by atoms with E-state index in [1.54, 1.807) is 6.07 Å². The molecule has 1 unspecified atom stereocenters. The number of nitrogen functional groups attached to an aromatic ring is 1. The standard InChI is InChI=1S/C11H18N2O2S/c1-7(4-3-5-14)13-11(15)10-6-9(12)8(2)16-10/h6-7,14H,3-5,12H2,1-2H3,(H,13,15). The van der Waals surface area contributed by atoms with Crippen LogP contribution in [0.1, 0.15) is 34.3 Å². The molecule has 1 heterocycles. The Balaban J connectivity index is 2.52. The van der Waals surface area contributed by atoms with Gasteiger partial charge in [-0.3, -0.25) is 4.79 Å². The van der Waals surface area contributed by atoms with Crippen molar-refractivity contribution in [1.29, 1.82) is 0 Å². The summed E-state index contributed by atoms with van der Waals surface area (Å²) in [5.41, 5.74) is 6.35. The van der Waals surface area contributed by atoms with Crippen molar-refractivity contribution in [2.45, 2.75) is 32.7 Å². The van der Waals surface area contributed by atoms with Crippen molar-refractivity contribution >= 4 is 22.9 Å². The number of amides is 1. The summed E-state index contributed by atoms with van der Waals surface area (Å²) in [5, 5.41) is 11.6. The zero-order chi connectivity index (χ0) is 12.1. The van der Waals surface area contributed by atoms with Gasteiger partial charge in [-0.25, -0.2) is 0 Å². The summed E-state index contributed by atoms with van der Waals surface area (Å²) in [5.74, 6) is -0.0877. The predicted molar refractivity (Wildman–Crippen MR) is 66.7 cm³/mol. The molecule has 0 spiro atoms. The summed E-state index contributed by atoms with van der Waals surface area (Å²) in [6.45, 7) is 3.98.